The van der Waals surface area contributed by atoms with Gasteiger partial charge in [-0.05, 0) is 57.0 Å². The van der Waals surface area contributed by atoms with Crippen LogP contribution < -0.4 is 0 Å². The summed E-state index contributed by atoms with van der Waals surface area (Å²) in [7, 11) is -3.60. The predicted molar refractivity (Wildman–Crippen MR) is 115 cm³/mol. The van der Waals surface area contributed by atoms with E-state index in [-0.39, 0.29) is 23.9 Å². The number of furan rings is 1. The fourth-order valence-electron chi connectivity index (χ4n) is 3.30. The zero-order chi connectivity index (χ0) is 20.4. The molecule has 2 aromatic carbocycles. The lowest BCUT2D eigenvalue weighted by Crippen LogP contribution is -2.50. The molecular formula is C21H19BrN2O4S. The van der Waals surface area contributed by atoms with E-state index in [0.717, 1.165) is 10.8 Å². The molecular weight excluding hydrogens is 456 g/mol. The van der Waals surface area contributed by atoms with Crippen LogP contribution >= 0.6 is 15.9 Å². The zero-order valence-corrected chi connectivity index (χ0v) is 17.9. The maximum atomic E-state index is 13.0. The summed E-state index contributed by atoms with van der Waals surface area (Å²) < 4.78 is 33.4. The quantitative estimate of drug-likeness (QED) is 0.540. The van der Waals surface area contributed by atoms with E-state index in [1.165, 1.54) is 10.4 Å². The van der Waals surface area contributed by atoms with Crippen molar-refractivity contribution in [1.29, 1.82) is 0 Å². The van der Waals surface area contributed by atoms with E-state index in [2.05, 4.69) is 15.9 Å². The number of sulfonamides is 1. The molecule has 150 valence electrons. The number of amides is 1. The molecule has 1 aliphatic rings. The summed E-state index contributed by atoms with van der Waals surface area (Å²) in [5.74, 6) is 0.406. The van der Waals surface area contributed by atoms with Crippen LogP contribution in [0, 0.1) is 0 Å². The minimum absolute atomic E-state index is 0.166. The zero-order valence-electron chi connectivity index (χ0n) is 15.5. The van der Waals surface area contributed by atoms with Gasteiger partial charge in [-0.15, -0.1) is 0 Å². The van der Waals surface area contributed by atoms with E-state index >= 15 is 0 Å². The van der Waals surface area contributed by atoms with E-state index in [1.54, 1.807) is 35.2 Å². The highest BCUT2D eigenvalue weighted by molar-refractivity contribution is 9.10. The summed E-state index contributed by atoms with van der Waals surface area (Å²) in [4.78, 5) is 14.3. The van der Waals surface area contributed by atoms with Crippen molar-refractivity contribution in [2.24, 2.45) is 0 Å². The van der Waals surface area contributed by atoms with Crippen molar-refractivity contribution in [2.45, 2.75) is 4.90 Å². The van der Waals surface area contributed by atoms with Crippen molar-refractivity contribution in [1.82, 2.24) is 9.21 Å². The first kappa shape index (κ1) is 19.9. The third-order valence-electron chi connectivity index (χ3n) is 4.89. The van der Waals surface area contributed by atoms with Crippen LogP contribution in [0.3, 0.4) is 0 Å². The molecule has 0 spiro atoms. The smallest absolute Gasteiger partial charge is 0.246 e. The molecule has 0 bridgehead atoms. The fraction of sp³-hybridized carbons (Fsp3) is 0.190. The average Bonchev–Trinajstić information content (AvgIpc) is 3.17. The molecule has 6 nitrogen and oxygen atoms in total. The van der Waals surface area contributed by atoms with Crippen molar-refractivity contribution in [3.8, 4) is 0 Å². The molecule has 2 heterocycles. The van der Waals surface area contributed by atoms with Crippen molar-refractivity contribution < 1.29 is 17.6 Å². The number of benzene rings is 2. The number of halogens is 1. The van der Waals surface area contributed by atoms with Crippen molar-refractivity contribution >= 4 is 48.7 Å². The Kier molecular flexibility index (Phi) is 5.58. The monoisotopic (exact) mass is 474 g/mol. The van der Waals surface area contributed by atoms with Gasteiger partial charge in [0.05, 0.1) is 4.90 Å². The summed E-state index contributed by atoms with van der Waals surface area (Å²) in [5.41, 5.74) is 0. The van der Waals surface area contributed by atoms with Crippen LogP contribution in [0.2, 0.25) is 0 Å². The Bertz CT molecular complexity index is 1180. The second kappa shape index (κ2) is 8.14. The second-order valence-corrected chi connectivity index (χ2v) is 9.43. The lowest BCUT2D eigenvalue weighted by atomic mass is 10.1. The molecule has 1 aliphatic heterocycles. The van der Waals surface area contributed by atoms with Gasteiger partial charge in [0.1, 0.15) is 5.76 Å². The third kappa shape index (κ3) is 4.29. The molecule has 1 fully saturated rings. The van der Waals surface area contributed by atoms with E-state index < -0.39 is 10.0 Å². The molecule has 1 amide bonds. The molecule has 1 aromatic heterocycles. The molecule has 0 atom stereocenters. The van der Waals surface area contributed by atoms with Gasteiger partial charge in [0.15, 0.2) is 4.67 Å². The molecule has 3 aromatic rings. The second-order valence-electron chi connectivity index (χ2n) is 6.71. The van der Waals surface area contributed by atoms with Crippen LogP contribution in [-0.4, -0.2) is 49.7 Å². The molecule has 0 unspecified atom stereocenters. The number of rotatable bonds is 4. The number of carbonyl (C=O) groups is 1. The number of carbonyl (C=O) groups excluding carboxylic acids is 1. The lowest BCUT2D eigenvalue weighted by molar-refractivity contribution is -0.127. The summed E-state index contributed by atoms with van der Waals surface area (Å²) >= 11 is 3.22. The van der Waals surface area contributed by atoms with Gasteiger partial charge in [-0.2, -0.15) is 4.31 Å². The Hall–Kier alpha value is -2.42. The van der Waals surface area contributed by atoms with E-state index in [1.807, 2.05) is 30.3 Å². The van der Waals surface area contributed by atoms with E-state index in [4.69, 9.17) is 4.42 Å². The highest BCUT2D eigenvalue weighted by Crippen LogP contribution is 2.23. The lowest BCUT2D eigenvalue weighted by Gasteiger charge is -2.33. The Labute approximate surface area is 177 Å². The number of hydrogen-bond acceptors (Lipinski definition) is 4. The van der Waals surface area contributed by atoms with Gasteiger partial charge < -0.3 is 9.32 Å². The maximum Gasteiger partial charge on any atom is 0.246 e. The first-order chi connectivity index (χ1) is 13.9. The Balaban J connectivity index is 1.42. The van der Waals surface area contributed by atoms with Gasteiger partial charge in [-0.1, -0.05) is 30.3 Å². The average molecular weight is 475 g/mol. The van der Waals surface area contributed by atoms with Crippen LogP contribution in [0.1, 0.15) is 5.76 Å². The van der Waals surface area contributed by atoms with Crippen LogP contribution in [-0.2, 0) is 14.8 Å². The van der Waals surface area contributed by atoms with Crippen molar-refractivity contribution in [2.75, 3.05) is 26.2 Å². The number of nitrogens with zero attached hydrogens (tertiary/aromatic N) is 2. The highest BCUT2D eigenvalue weighted by Gasteiger charge is 2.29. The molecule has 29 heavy (non-hydrogen) atoms. The van der Waals surface area contributed by atoms with Crippen molar-refractivity contribution in [3.05, 3.63) is 71.1 Å². The largest absolute Gasteiger partial charge is 0.450 e. The van der Waals surface area contributed by atoms with Gasteiger partial charge in [-0.3, -0.25) is 4.79 Å². The normalized spacial score (nSPS) is 16.0. The number of piperazine rings is 1. The molecule has 0 saturated carbocycles. The number of hydrogen-bond donors (Lipinski definition) is 0. The topological polar surface area (TPSA) is 70.8 Å². The summed E-state index contributed by atoms with van der Waals surface area (Å²) in [6.45, 7) is 1.22. The molecule has 0 N–H and O–H groups in total. The first-order valence-corrected chi connectivity index (χ1v) is 11.4. The summed E-state index contributed by atoms with van der Waals surface area (Å²) in [6.07, 6.45) is 3.05. The Morgan fingerprint density at radius 3 is 2.38 bits per heavy atom. The predicted octanol–water partition coefficient (Wildman–Crippen LogP) is 3.74. The molecule has 1 saturated heterocycles. The van der Waals surface area contributed by atoms with Gasteiger partial charge >= 0.3 is 0 Å². The van der Waals surface area contributed by atoms with Crippen LogP contribution in [0.4, 0.5) is 0 Å². The third-order valence-corrected chi connectivity index (χ3v) is 7.21. The minimum Gasteiger partial charge on any atom is -0.450 e. The first-order valence-electron chi connectivity index (χ1n) is 9.15. The van der Waals surface area contributed by atoms with Gasteiger partial charge in [0.2, 0.25) is 15.9 Å². The van der Waals surface area contributed by atoms with E-state index in [9.17, 15) is 13.2 Å². The molecule has 0 radical (unpaired) electrons. The summed E-state index contributed by atoms with van der Waals surface area (Å²) in [5, 5.41) is 1.88. The van der Waals surface area contributed by atoms with Gasteiger partial charge in [0.25, 0.3) is 0 Å². The molecule has 0 aliphatic carbocycles. The van der Waals surface area contributed by atoms with Gasteiger partial charge in [-0.25, -0.2) is 8.42 Å². The van der Waals surface area contributed by atoms with Crippen molar-refractivity contribution in [3.63, 3.8) is 0 Å². The number of fused-ring (bicyclic) bond motifs is 1. The SMILES string of the molecule is O=C(/C=C/c1ccc(Br)o1)N1CCN(S(=O)(=O)c2ccc3ccccc3c2)CC1. The maximum absolute atomic E-state index is 13.0. The van der Waals surface area contributed by atoms with Crippen LogP contribution in [0.5, 0.6) is 0 Å². The van der Waals surface area contributed by atoms with Crippen LogP contribution in [0.15, 0.2) is 74.7 Å². The molecule has 4 rings (SSSR count). The van der Waals surface area contributed by atoms with Crippen LogP contribution in [0.25, 0.3) is 16.8 Å². The fourth-order valence-corrected chi connectivity index (χ4v) is 5.08. The Morgan fingerprint density at radius 2 is 1.69 bits per heavy atom. The van der Waals surface area contributed by atoms with Gasteiger partial charge in [0, 0.05) is 32.3 Å². The summed E-state index contributed by atoms with van der Waals surface area (Å²) in [6, 6.07) is 16.3. The Morgan fingerprint density at radius 1 is 0.966 bits per heavy atom. The molecule has 8 heteroatoms. The minimum atomic E-state index is -3.60. The standard InChI is InChI=1S/C21H19BrN2O4S/c22-20-9-6-18(28-20)7-10-21(25)23-11-13-24(14-12-23)29(26,27)19-8-5-16-3-1-2-4-17(16)15-19/h1-10,15H,11-14H2/b10-7+. The highest BCUT2D eigenvalue weighted by atomic mass is 79.9. The van der Waals surface area contributed by atoms with E-state index in [0.29, 0.717) is 23.5 Å².